The highest BCUT2D eigenvalue weighted by Crippen LogP contribution is 2.24. The van der Waals surface area contributed by atoms with E-state index in [1.54, 1.807) is 13.8 Å². The summed E-state index contributed by atoms with van der Waals surface area (Å²) in [6.07, 6.45) is 1.27. The first-order chi connectivity index (χ1) is 11.1. The van der Waals surface area contributed by atoms with Crippen LogP contribution >= 0.6 is 0 Å². The number of carboxylic acid groups (broad SMARTS) is 1. The molecule has 1 aromatic carbocycles. The number of hydrogen-bond acceptors (Lipinski definition) is 5. The summed E-state index contributed by atoms with van der Waals surface area (Å²) in [7, 11) is -3.98. The van der Waals surface area contributed by atoms with E-state index in [1.165, 1.54) is 30.5 Å². The van der Waals surface area contributed by atoms with E-state index in [0.29, 0.717) is 0 Å². The number of sulfonamides is 1. The van der Waals surface area contributed by atoms with E-state index in [9.17, 15) is 23.1 Å². The van der Waals surface area contributed by atoms with E-state index in [0.717, 1.165) is 0 Å². The van der Waals surface area contributed by atoms with Gasteiger partial charge in [-0.3, -0.25) is 9.78 Å². The van der Waals surface area contributed by atoms with Gasteiger partial charge in [-0.15, -0.1) is 0 Å². The molecule has 2 rings (SSSR count). The maximum atomic E-state index is 12.4. The van der Waals surface area contributed by atoms with Gasteiger partial charge in [0.1, 0.15) is 11.7 Å². The topological polar surface area (TPSA) is 139 Å². The molecule has 0 bridgehead atoms. The number of nitrogens with zero attached hydrogens (tertiary/aromatic N) is 1. The van der Waals surface area contributed by atoms with Gasteiger partial charge in [-0.05, 0) is 18.1 Å². The SMILES string of the molecule is CC(C)[C@@H](NC(=O)c1nccc2c(S(N)(=O)=O)cccc12)C(=O)O. The molecule has 8 nitrogen and oxygen atoms in total. The third-order valence-electron chi connectivity index (χ3n) is 3.51. The number of hydrogen-bond donors (Lipinski definition) is 3. The Hall–Kier alpha value is -2.52. The summed E-state index contributed by atoms with van der Waals surface area (Å²) in [5.41, 5.74) is -0.0649. The molecule has 1 amide bonds. The van der Waals surface area contributed by atoms with Gasteiger partial charge in [0.25, 0.3) is 5.91 Å². The van der Waals surface area contributed by atoms with Crippen molar-refractivity contribution in [3.63, 3.8) is 0 Å². The zero-order valence-electron chi connectivity index (χ0n) is 13.1. The quantitative estimate of drug-likeness (QED) is 0.725. The fourth-order valence-electron chi connectivity index (χ4n) is 2.33. The van der Waals surface area contributed by atoms with E-state index >= 15 is 0 Å². The van der Waals surface area contributed by atoms with Crippen molar-refractivity contribution in [2.45, 2.75) is 24.8 Å². The van der Waals surface area contributed by atoms with Crippen LogP contribution in [0, 0.1) is 5.92 Å². The summed E-state index contributed by atoms with van der Waals surface area (Å²) in [6.45, 7) is 3.32. The van der Waals surface area contributed by atoms with Gasteiger partial charge < -0.3 is 10.4 Å². The minimum Gasteiger partial charge on any atom is -0.480 e. The van der Waals surface area contributed by atoms with E-state index < -0.39 is 27.9 Å². The van der Waals surface area contributed by atoms with Crippen molar-refractivity contribution in [3.8, 4) is 0 Å². The Morgan fingerprint density at radius 3 is 2.42 bits per heavy atom. The van der Waals surface area contributed by atoms with Crippen LogP contribution in [0.4, 0.5) is 0 Å². The Morgan fingerprint density at radius 1 is 1.21 bits per heavy atom. The Bertz CT molecular complexity index is 908. The molecule has 9 heteroatoms. The summed E-state index contributed by atoms with van der Waals surface area (Å²) in [4.78, 5) is 27.5. The molecule has 0 unspecified atom stereocenters. The number of aliphatic carboxylic acids is 1. The molecule has 2 aromatic rings. The maximum Gasteiger partial charge on any atom is 0.326 e. The summed E-state index contributed by atoms with van der Waals surface area (Å²) in [5, 5.41) is 17.3. The molecule has 0 aliphatic carbocycles. The largest absolute Gasteiger partial charge is 0.480 e. The molecule has 128 valence electrons. The fourth-order valence-corrected chi connectivity index (χ4v) is 3.08. The number of carbonyl (C=O) groups is 2. The minimum atomic E-state index is -3.98. The van der Waals surface area contributed by atoms with Crippen molar-refractivity contribution in [2.75, 3.05) is 0 Å². The van der Waals surface area contributed by atoms with Crippen LogP contribution in [0.15, 0.2) is 35.4 Å². The Balaban J connectivity index is 2.54. The number of aromatic nitrogens is 1. The predicted octanol–water partition coefficient (Wildman–Crippen LogP) is 0.721. The van der Waals surface area contributed by atoms with Gasteiger partial charge in [0.05, 0.1) is 4.90 Å². The second kappa shape index (κ2) is 6.54. The lowest BCUT2D eigenvalue weighted by Gasteiger charge is -2.18. The van der Waals surface area contributed by atoms with Crippen LogP contribution in [0.2, 0.25) is 0 Å². The average molecular weight is 351 g/mol. The average Bonchev–Trinajstić information content (AvgIpc) is 2.49. The third-order valence-corrected chi connectivity index (χ3v) is 4.48. The fraction of sp³-hybridized carbons (Fsp3) is 0.267. The molecule has 0 spiro atoms. The summed E-state index contributed by atoms with van der Waals surface area (Å²) < 4.78 is 23.3. The van der Waals surface area contributed by atoms with Crippen LogP contribution in [-0.4, -0.2) is 36.4 Å². The van der Waals surface area contributed by atoms with Gasteiger partial charge >= 0.3 is 5.97 Å². The van der Waals surface area contributed by atoms with E-state index in [1.807, 2.05) is 0 Å². The molecular formula is C15H17N3O5S. The van der Waals surface area contributed by atoms with Crippen LogP contribution < -0.4 is 10.5 Å². The van der Waals surface area contributed by atoms with Crippen LogP contribution in [0.3, 0.4) is 0 Å². The van der Waals surface area contributed by atoms with Gasteiger partial charge in [-0.1, -0.05) is 26.0 Å². The van der Waals surface area contributed by atoms with E-state index in [-0.39, 0.29) is 27.3 Å². The molecular weight excluding hydrogens is 334 g/mol. The van der Waals surface area contributed by atoms with Crippen molar-refractivity contribution in [1.82, 2.24) is 10.3 Å². The molecule has 1 atom stereocenters. The normalized spacial score (nSPS) is 13.0. The van der Waals surface area contributed by atoms with Gasteiger partial charge in [0, 0.05) is 17.0 Å². The standard InChI is InChI=1S/C15H17N3O5S/c1-8(2)12(15(20)21)18-14(19)13-10-4-3-5-11(24(16,22)23)9(10)6-7-17-13/h3-8,12H,1-2H3,(H,18,19)(H,20,21)(H2,16,22,23)/t12-/m1/s1. The first-order valence-corrected chi connectivity index (χ1v) is 8.61. The third kappa shape index (κ3) is 3.52. The van der Waals surface area contributed by atoms with Crippen LogP contribution in [-0.2, 0) is 14.8 Å². The number of benzene rings is 1. The number of rotatable bonds is 5. The summed E-state index contributed by atoms with van der Waals surface area (Å²) >= 11 is 0. The first-order valence-electron chi connectivity index (χ1n) is 7.07. The zero-order chi connectivity index (χ0) is 18.1. The molecule has 0 aliphatic heterocycles. The predicted molar refractivity (Wildman–Crippen MR) is 86.8 cm³/mol. The van der Waals surface area contributed by atoms with Gasteiger partial charge in [-0.25, -0.2) is 18.4 Å². The van der Waals surface area contributed by atoms with Crippen LogP contribution in [0.1, 0.15) is 24.3 Å². The van der Waals surface area contributed by atoms with Gasteiger partial charge in [0.15, 0.2) is 0 Å². The Labute approximate surface area is 138 Å². The highest BCUT2D eigenvalue weighted by molar-refractivity contribution is 7.89. The van der Waals surface area contributed by atoms with Crippen molar-refractivity contribution in [3.05, 3.63) is 36.2 Å². The number of amides is 1. The van der Waals surface area contributed by atoms with Crippen LogP contribution in [0.5, 0.6) is 0 Å². The number of fused-ring (bicyclic) bond motifs is 1. The lowest BCUT2D eigenvalue weighted by molar-refractivity contribution is -0.140. The monoisotopic (exact) mass is 351 g/mol. The van der Waals surface area contributed by atoms with Gasteiger partial charge in [-0.2, -0.15) is 0 Å². The number of nitrogens with one attached hydrogen (secondary N) is 1. The molecule has 4 N–H and O–H groups in total. The first kappa shape index (κ1) is 17.8. The molecule has 0 fully saturated rings. The van der Waals surface area contributed by atoms with Crippen molar-refractivity contribution < 1.29 is 23.1 Å². The zero-order valence-corrected chi connectivity index (χ0v) is 13.9. The van der Waals surface area contributed by atoms with Crippen LogP contribution in [0.25, 0.3) is 10.8 Å². The molecule has 1 aromatic heterocycles. The van der Waals surface area contributed by atoms with Crippen molar-refractivity contribution in [2.24, 2.45) is 11.1 Å². The van der Waals surface area contributed by atoms with E-state index in [2.05, 4.69) is 10.3 Å². The summed E-state index contributed by atoms with van der Waals surface area (Å²) in [5.74, 6) is -2.20. The number of carbonyl (C=O) groups excluding carboxylic acids is 1. The maximum absolute atomic E-state index is 12.4. The summed E-state index contributed by atoms with van der Waals surface area (Å²) in [6, 6.07) is 4.64. The number of nitrogens with two attached hydrogens (primary N) is 1. The highest BCUT2D eigenvalue weighted by atomic mass is 32.2. The van der Waals surface area contributed by atoms with Crippen molar-refractivity contribution >= 4 is 32.7 Å². The second-order valence-electron chi connectivity index (χ2n) is 5.59. The van der Waals surface area contributed by atoms with Crippen molar-refractivity contribution in [1.29, 1.82) is 0 Å². The van der Waals surface area contributed by atoms with Gasteiger partial charge in [0.2, 0.25) is 10.0 Å². The molecule has 24 heavy (non-hydrogen) atoms. The number of pyridine rings is 1. The smallest absolute Gasteiger partial charge is 0.326 e. The molecule has 0 radical (unpaired) electrons. The minimum absolute atomic E-state index is 0.0649. The molecule has 0 aliphatic rings. The lowest BCUT2D eigenvalue weighted by atomic mass is 10.0. The highest BCUT2D eigenvalue weighted by Gasteiger charge is 2.25. The molecule has 1 heterocycles. The number of primary sulfonamides is 1. The number of carboxylic acids is 1. The molecule has 0 saturated heterocycles. The second-order valence-corrected chi connectivity index (χ2v) is 7.12. The Morgan fingerprint density at radius 2 is 1.88 bits per heavy atom. The molecule has 0 saturated carbocycles. The van der Waals surface area contributed by atoms with E-state index in [4.69, 9.17) is 5.14 Å². The lowest BCUT2D eigenvalue weighted by Crippen LogP contribution is -2.44. The Kier molecular flexibility index (Phi) is 4.86.